The van der Waals surface area contributed by atoms with Crippen LogP contribution in [0.4, 0.5) is 0 Å². The second kappa shape index (κ2) is 7.43. The molecule has 0 aromatic heterocycles. The molecule has 5 nitrogen and oxygen atoms in total. The van der Waals surface area contributed by atoms with Crippen molar-refractivity contribution >= 4 is 17.5 Å². The Kier molecular flexibility index (Phi) is 5.89. The normalized spacial score (nSPS) is 11.7. The molecule has 1 aromatic carbocycles. The van der Waals surface area contributed by atoms with Crippen LogP contribution in [0.5, 0.6) is 0 Å². The van der Waals surface area contributed by atoms with Crippen molar-refractivity contribution in [3.05, 3.63) is 35.9 Å². The SMILES string of the molecule is CC(=O)C[C@@H](O)CC(=O)C(=O)OCc1ccccc1. The van der Waals surface area contributed by atoms with Gasteiger partial charge in [0, 0.05) is 12.8 Å². The standard InChI is InChI=1S/C14H16O5/c1-10(15)7-12(16)8-13(17)14(18)19-9-11-5-3-2-4-6-11/h2-6,12,16H,7-9H2,1H3/t12-/m1/s1. The van der Waals surface area contributed by atoms with Crippen LogP contribution in [0, 0.1) is 0 Å². The van der Waals surface area contributed by atoms with E-state index in [0.29, 0.717) is 0 Å². The van der Waals surface area contributed by atoms with E-state index >= 15 is 0 Å². The number of hydrogen-bond acceptors (Lipinski definition) is 5. The molecule has 1 N–H and O–H groups in total. The minimum absolute atomic E-state index is 0.00815. The summed E-state index contributed by atoms with van der Waals surface area (Å²) in [4.78, 5) is 33.5. The number of ether oxygens (including phenoxy) is 1. The lowest BCUT2D eigenvalue weighted by atomic mass is 10.1. The number of carbonyl (C=O) groups excluding carboxylic acids is 3. The lowest BCUT2D eigenvalue weighted by Crippen LogP contribution is -2.24. The summed E-state index contributed by atoms with van der Waals surface area (Å²) in [5.74, 6) is -2.06. The molecule has 0 saturated heterocycles. The zero-order valence-electron chi connectivity index (χ0n) is 10.7. The fraction of sp³-hybridized carbons (Fsp3) is 0.357. The molecule has 0 amide bonds. The van der Waals surface area contributed by atoms with Crippen LogP contribution >= 0.6 is 0 Å². The number of rotatable bonds is 7. The lowest BCUT2D eigenvalue weighted by molar-refractivity contribution is -0.155. The average molecular weight is 264 g/mol. The molecule has 0 radical (unpaired) electrons. The third-order valence-electron chi connectivity index (χ3n) is 2.38. The van der Waals surface area contributed by atoms with Gasteiger partial charge in [0.25, 0.3) is 0 Å². The molecule has 0 spiro atoms. The fourth-order valence-corrected chi connectivity index (χ4v) is 1.50. The van der Waals surface area contributed by atoms with Gasteiger partial charge in [-0.25, -0.2) is 4.79 Å². The van der Waals surface area contributed by atoms with Gasteiger partial charge in [-0.3, -0.25) is 9.59 Å². The summed E-state index contributed by atoms with van der Waals surface area (Å²) in [5, 5.41) is 9.37. The van der Waals surface area contributed by atoms with Crippen molar-refractivity contribution in [2.75, 3.05) is 0 Å². The van der Waals surface area contributed by atoms with E-state index in [1.54, 1.807) is 24.3 Å². The predicted molar refractivity (Wildman–Crippen MR) is 67.2 cm³/mol. The molecule has 0 fully saturated rings. The van der Waals surface area contributed by atoms with Crippen LogP contribution < -0.4 is 0 Å². The monoisotopic (exact) mass is 264 g/mol. The molecular formula is C14H16O5. The number of esters is 1. The van der Waals surface area contributed by atoms with Gasteiger partial charge in [-0.1, -0.05) is 30.3 Å². The highest BCUT2D eigenvalue weighted by Gasteiger charge is 2.20. The third-order valence-corrected chi connectivity index (χ3v) is 2.38. The molecule has 1 aromatic rings. The van der Waals surface area contributed by atoms with Gasteiger partial charge in [0.1, 0.15) is 12.4 Å². The highest BCUT2D eigenvalue weighted by molar-refractivity contribution is 6.33. The minimum atomic E-state index is -1.13. The summed E-state index contributed by atoms with van der Waals surface area (Å²) in [7, 11) is 0. The van der Waals surface area contributed by atoms with Crippen molar-refractivity contribution in [3.8, 4) is 0 Å². The summed E-state index contributed by atoms with van der Waals surface area (Å²) in [6.07, 6.45) is -1.67. The molecule has 0 bridgehead atoms. The predicted octanol–water partition coefficient (Wildman–Crippen LogP) is 1.03. The van der Waals surface area contributed by atoms with Crippen molar-refractivity contribution in [2.45, 2.75) is 32.5 Å². The van der Waals surface area contributed by atoms with Crippen LogP contribution in [0.2, 0.25) is 0 Å². The van der Waals surface area contributed by atoms with Crippen LogP contribution in [0.25, 0.3) is 0 Å². The molecule has 1 atom stereocenters. The van der Waals surface area contributed by atoms with Crippen LogP contribution in [0.3, 0.4) is 0 Å². The Labute approximate surface area is 111 Å². The number of Topliss-reactive ketones (excluding diaryl/α,β-unsaturated/α-hetero) is 2. The number of aliphatic hydroxyl groups is 1. The Bertz CT molecular complexity index is 452. The second-order valence-corrected chi connectivity index (χ2v) is 4.25. The first kappa shape index (κ1) is 15.0. The number of carbonyl (C=O) groups is 3. The van der Waals surface area contributed by atoms with Crippen LogP contribution in [0.15, 0.2) is 30.3 Å². The molecule has 1 rings (SSSR count). The molecule has 0 heterocycles. The van der Waals surface area contributed by atoms with E-state index in [1.807, 2.05) is 6.07 Å². The maximum atomic E-state index is 11.4. The van der Waals surface area contributed by atoms with Crippen molar-refractivity contribution in [3.63, 3.8) is 0 Å². The van der Waals surface area contributed by atoms with E-state index < -0.39 is 24.3 Å². The zero-order chi connectivity index (χ0) is 14.3. The first-order chi connectivity index (χ1) is 8.99. The number of aliphatic hydroxyl groups excluding tert-OH is 1. The van der Waals surface area contributed by atoms with E-state index in [-0.39, 0.29) is 18.8 Å². The van der Waals surface area contributed by atoms with Gasteiger partial charge in [0.15, 0.2) is 0 Å². The van der Waals surface area contributed by atoms with Crippen LogP contribution in [0.1, 0.15) is 25.3 Å². The van der Waals surface area contributed by atoms with E-state index in [0.717, 1.165) is 5.56 Å². The second-order valence-electron chi connectivity index (χ2n) is 4.25. The molecule has 0 aliphatic heterocycles. The summed E-state index contributed by atoms with van der Waals surface area (Å²) < 4.78 is 4.81. The summed E-state index contributed by atoms with van der Waals surface area (Å²) >= 11 is 0. The topological polar surface area (TPSA) is 80.7 Å². The van der Waals surface area contributed by atoms with Crippen molar-refractivity contribution in [1.29, 1.82) is 0 Å². The Hall–Kier alpha value is -2.01. The van der Waals surface area contributed by atoms with E-state index in [1.165, 1.54) is 6.92 Å². The van der Waals surface area contributed by atoms with E-state index in [4.69, 9.17) is 4.74 Å². The number of benzene rings is 1. The van der Waals surface area contributed by atoms with E-state index in [9.17, 15) is 19.5 Å². The van der Waals surface area contributed by atoms with Crippen molar-refractivity contribution < 1.29 is 24.2 Å². The molecule has 19 heavy (non-hydrogen) atoms. The first-order valence-electron chi connectivity index (χ1n) is 5.90. The summed E-state index contributed by atoms with van der Waals surface area (Å²) in [6, 6.07) is 8.95. The Morgan fingerprint density at radius 1 is 1.16 bits per heavy atom. The first-order valence-corrected chi connectivity index (χ1v) is 5.90. The summed E-state index contributed by atoms with van der Waals surface area (Å²) in [5.41, 5.74) is 0.771. The van der Waals surface area contributed by atoms with Gasteiger partial charge < -0.3 is 9.84 Å². The molecule has 0 aliphatic carbocycles. The zero-order valence-corrected chi connectivity index (χ0v) is 10.7. The van der Waals surface area contributed by atoms with Gasteiger partial charge in [-0.15, -0.1) is 0 Å². The largest absolute Gasteiger partial charge is 0.455 e. The maximum Gasteiger partial charge on any atom is 0.375 e. The molecule has 102 valence electrons. The molecule has 0 saturated carbocycles. The fourth-order valence-electron chi connectivity index (χ4n) is 1.50. The summed E-state index contributed by atoms with van der Waals surface area (Å²) in [6.45, 7) is 1.32. The Morgan fingerprint density at radius 3 is 2.37 bits per heavy atom. The van der Waals surface area contributed by atoms with Gasteiger partial charge >= 0.3 is 5.97 Å². The van der Waals surface area contributed by atoms with Crippen LogP contribution in [-0.2, 0) is 25.7 Å². The maximum absolute atomic E-state index is 11.4. The van der Waals surface area contributed by atoms with Gasteiger partial charge in [-0.2, -0.15) is 0 Å². The third kappa shape index (κ3) is 5.92. The van der Waals surface area contributed by atoms with Gasteiger partial charge in [0.2, 0.25) is 5.78 Å². The molecular weight excluding hydrogens is 248 g/mol. The minimum Gasteiger partial charge on any atom is -0.455 e. The highest BCUT2D eigenvalue weighted by atomic mass is 16.5. The Balaban J connectivity index is 2.37. The smallest absolute Gasteiger partial charge is 0.375 e. The van der Waals surface area contributed by atoms with Gasteiger partial charge in [-0.05, 0) is 12.5 Å². The lowest BCUT2D eigenvalue weighted by Gasteiger charge is -2.07. The van der Waals surface area contributed by atoms with E-state index in [2.05, 4.69) is 0 Å². The van der Waals surface area contributed by atoms with Gasteiger partial charge in [0.05, 0.1) is 6.10 Å². The average Bonchev–Trinajstić information content (AvgIpc) is 2.36. The number of hydrogen-bond donors (Lipinski definition) is 1. The molecule has 5 heteroatoms. The van der Waals surface area contributed by atoms with Crippen molar-refractivity contribution in [2.24, 2.45) is 0 Å². The number of ketones is 2. The van der Waals surface area contributed by atoms with Crippen molar-refractivity contribution in [1.82, 2.24) is 0 Å². The molecule has 0 aliphatic rings. The molecule has 0 unspecified atom stereocenters. The highest BCUT2D eigenvalue weighted by Crippen LogP contribution is 2.04. The van der Waals surface area contributed by atoms with Crippen LogP contribution in [-0.4, -0.2) is 28.7 Å². The Morgan fingerprint density at radius 2 is 1.79 bits per heavy atom. The quantitative estimate of drug-likeness (QED) is 0.587.